The van der Waals surface area contributed by atoms with Crippen molar-refractivity contribution in [3.63, 3.8) is 0 Å². The summed E-state index contributed by atoms with van der Waals surface area (Å²) in [5.41, 5.74) is 1.51. The molecule has 2 heteroatoms. The van der Waals surface area contributed by atoms with Crippen LogP contribution in [0.1, 0.15) is 18.4 Å². The molecule has 0 amide bonds. The van der Waals surface area contributed by atoms with Crippen LogP contribution in [0.25, 0.3) is 0 Å². The molecule has 1 aromatic rings. The molecule has 1 heterocycles. The normalized spacial score (nSPS) is 32.7. The molecule has 2 atom stereocenters. The van der Waals surface area contributed by atoms with Crippen LogP contribution in [-0.2, 0) is 16.1 Å². The quantitative estimate of drug-likeness (QED) is 0.702. The Labute approximate surface area is 90.2 Å². The average Bonchev–Trinajstić information content (AvgIpc) is 3.06. The molecule has 0 N–H and O–H groups in total. The van der Waals surface area contributed by atoms with Crippen LogP contribution in [-0.4, -0.2) is 18.8 Å². The molecule has 1 spiro atoms. The minimum absolute atomic E-state index is 0.261. The van der Waals surface area contributed by atoms with Crippen molar-refractivity contribution in [2.75, 3.05) is 13.2 Å². The fraction of sp³-hybridized carbons (Fsp3) is 0.538. The van der Waals surface area contributed by atoms with Gasteiger partial charge in [-0.05, 0) is 18.4 Å². The van der Waals surface area contributed by atoms with Gasteiger partial charge in [0.05, 0.1) is 25.4 Å². The number of epoxide rings is 1. The van der Waals surface area contributed by atoms with Crippen LogP contribution in [0.4, 0.5) is 0 Å². The first-order chi connectivity index (χ1) is 7.39. The van der Waals surface area contributed by atoms with Crippen molar-refractivity contribution < 1.29 is 9.47 Å². The van der Waals surface area contributed by atoms with Crippen molar-refractivity contribution in [1.29, 1.82) is 0 Å². The minimum atomic E-state index is 0.261. The Hall–Kier alpha value is -0.860. The van der Waals surface area contributed by atoms with Gasteiger partial charge in [0.1, 0.15) is 0 Å². The molecule has 0 aromatic heterocycles. The number of ether oxygens (including phenoxy) is 2. The lowest BCUT2D eigenvalue weighted by Crippen LogP contribution is -2.38. The molecule has 2 fully saturated rings. The van der Waals surface area contributed by atoms with Gasteiger partial charge < -0.3 is 9.47 Å². The van der Waals surface area contributed by atoms with Crippen molar-refractivity contribution in [2.45, 2.75) is 25.0 Å². The van der Waals surface area contributed by atoms with Crippen LogP contribution < -0.4 is 0 Å². The third kappa shape index (κ3) is 1.80. The Kier molecular flexibility index (Phi) is 2.26. The molecule has 2 unspecified atom stereocenters. The molecule has 0 bridgehead atoms. The lowest BCUT2D eigenvalue weighted by molar-refractivity contribution is 0.00448. The maximum Gasteiger partial charge on any atom is 0.0966 e. The van der Waals surface area contributed by atoms with Gasteiger partial charge in [0.15, 0.2) is 0 Å². The first-order valence-corrected chi connectivity index (χ1v) is 5.65. The average molecular weight is 204 g/mol. The monoisotopic (exact) mass is 204 g/mol. The molecule has 2 aliphatic rings. The van der Waals surface area contributed by atoms with Gasteiger partial charge in [-0.25, -0.2) is 0 Å². The van der Waals surface area contributed by atoms with Crippen molar-refractivity contribution in [3.8, 4) is 0 Å². The minimum Gasteiger partial charge on any atom is -0.376 e. The smallest absolute Gasteiger partial charge is 0.0966 e. The van der Waals surface area contributed by atoms with Gasteiger partial charge in [0.2, 0.25) is 0 Å². The van der Waals surface area contributed by atoms with E-state index in [-0.39, 0.29) is 5.60 Å². The zero-order valence-electron chi connectivity index (χ0n) is 8.82. The first kappa shape index (κ1) is 9.37. The Bertz CT molecular complexity index is 330. The summed E-state index contributed by atoms with van der Waals surface area (Å²) in [6.45, 7) is 2.55. The summed E-state index contributed by atoms with van der Waals surface area (Å²) in [5, 5.41) is 0. The summed E-state index contributed by atoms with van der Waals surface area (Å²) in [5.74, 6) is 0.654. The Morgan fingerprint density at radius 2 is 2.13 bits per heavy atom. The largest absolute Gasteiger partial charge is 0.376 e. The zero-order chi connectivity index (χ0) is 10.1. The molecule has 1 aliphatic carbocycles. The van der Waals surface area contributed by atoms with Crippen LogP contribution in [0.3, 0.4) is 0 Å². The molecular weight excluding hydrogens is 188 g/mol. The predicted octanol–water partition coefficient (Wildman–Crippen LogP) is 2.38. The van der Waals surface area contributed by atoms with Gasteiger partial charge >= 0.3 is 0 Å². The van der Waals surface area contributed by atoms with Gasteiger partial charge in [-0.1, -0.05) is 30.3 Å². The SMILES string of the molecule is c1ccc(COCC2CCC23CO3)cc1. The van der Waals surface area contributed by atoms with Crippen LogP contribution in [0.5, 0.6) is 0 Å². The third-order valence-corrected chi connectivity index (χ3v) is 3.61. The molecule has 80 valence electrons. The van der Waals surface area contributed by atoms with E-state index < -0.39 is 0 Å². The first-order valence-electron chi connectivity index (χ1n) is 5.65. The summed E-state index contributed by atoms with van der Waals surface area (Å²) in [7, 11) is 0. The summed E-state index contributed by atoms with van der Waals surface area (Å²) in [6.07, 6.45) is 2.52. The van der Waals surface area contributed by atoms with Gasteiger partial charge in [-0.15, -0.1) is 0 Å². The van der Waals surface area contributed by atoms with Crippen LogP contribution in [0.15, 0.2) is 30.3 Å². The van der Waals surface area contributed by atoms with E-state index in [1.165, 1.54) is 18.4 Å². The van der Waals surface area contributed by atoms with Crippen molar-refractivity contribution in [1.82, 2.24) is 0 Å². The summed E-state index contributed by atoms with van der Waals surface area (Å²) in [4.78, 5) is 0. The second kappa shape index (κ2) is 3.62. The summed E-state index contributed by atoms with van der Waals surface area (Å²) >= 11 is 0. The van der Waals surface area contributed by atoms with Crippen LogP contribution in [0.2, 0.25) is 0 Å². The lowest BCUT2D eigenvalue weighted by atomic mass is 9.74. The second-order valence-electron chi connectivity index (χ2n) is 4.59. The predicted molar refractivity (Wildman–Crippen MR) is 57.5 cm³/mol. The molecule has 0 radical (unpaired) electrons. The van der Waals surface area contributed by atoms with E-state index in [9.17, 15) is 0 Å². The number of hydrogen-bond acceptors (Lipinski definition) is 2. The number of rotatable bonds is 4. The lowest BCUT2D eigenvalue weighted by Gasteiger charge is -2.33. The van der Waals surface area contributed by atoms with Gasteiger partial charge in [-0.3, -0.25) is 0 Å². The molecular formula is C13H16O2. The van der Waals surface area contributed by atoms with Gasteiger partial charge in [0, 0.05) is 5.92 Å². The van der Waals surface area contributed by atoms with Crippen molar-refractivity contribution in [3.05, 3.63) is 35.9 Å². The second-order valence-corrected chi connectivity index (χ2v) is 4.59. The van der Waals surface area contributed by atoms with Gasteiger partial charge in [-0.2, -0.15) is 0 Å². The molecule has 3 rings (SSSR count). The molecule has 1 saturated carbocycles. The number of benzene rings is 1. The van der Waals surface area contributed by atoms with E-state index in [4.69, 9.17) is 9.47 Å². The van der Waals surface area contributed by atoms with E-state index in [2.05, 4.69) is 12.1 Å². The highest BCUT2D eigenvalue weighted by molar-refractivity contribution is 5.13. The van der Waals surface area contributed by atoms with E-state index in [0.717, 1.165) is 19.8 Å². The molecule has 15 heavy (non-hydrogen) atoms. The van der Waals surface area contributed by atoms with Crippen molar-refractivity contribution >= 4 is 0 Å². The Morgan fingerprint density at radius 1 is 1.33 bits per heavy atom. The summed E-state index contributed by atoms with van der Waals surface area (Å²) in [6, 6.07) is 10.3. The highest BCUT2D eigenvalue weighted by Crippen LogP contribution is 2.51. The maximum absolute atomic E-state index is 5.72. The highest BCUT2D eigenvalue weighted by Gasteiger charge is 2.57. The topological polar surface area (TPSA) is 21.8 Å². The zero-order valence-corrected chi connectivity index (χ0v) is 8.82. The van der Waals surface area contributed by atoms with E-state index in [1.807, 2.05) is 18.2 Å². The van der Waals surface area contributed by atoms with E-state index in [0.29, 0.717) is 5.92 Å². The standard InChI is InChI=1S/C13H16O2/c1-2-4-11(5-3-1)8-14-9-12-6-7-13(12)10-15-13/h1-5,12H,6-10H2. The van der Waals surface area contributed by atoms with Crippen LogP contribution >= 0.6 is 0 Å². The van der Waals surface area contributed by atoms with Gasteiger partial charge in [0.25, 0.3) is 0 Å². The Morgan fingerprint density at radius 3 is 2.73 bits per heavy atom. The molecule has 1 aromatic carbocycles. The fourth-order valence-electron chi connectivity index (χ4n) is 2.27. The molecule has 2 nitrogen and oxygen atoms in total. The highest BCUT2D eigenvalue weighted by atomic mass is 16.6. The molecule has 1 saturated heterocycles. The Balaban J connectivity index is 1.44. The molecule has 1 aliphatic heterocycles. The van der Waals surface area contributed by atoms with Crippen molar-refractivity contribution in [2.24, 2.45) is 5.92 Å². The maximum atomic E-state index is 5.72. The third-order valence-electron chi connectivity index (χ3n) is 3.61. The number of hydrogen-bond donors (Lipinski definition) is 0. The van der Waals surface area contributed by atoms with E-state index >= 15 is 0 Å². The van der Waals surface area contributed by atoms with Crippen LogP contribution in [0, 0.1) is 5.92 Å². The fourth-order valence-corrected chi connectivity index (χ4v) is 2.27. The van der Waals surface area contributed by atoms with E-state index in [1.54, 1.807) is 0 Å². The summed E-state index contributed by atoms with van der Waals surface area (Å²) < 4.78 is 11.2.